The standard InChI is InChI=1S/C51H59ClN12O8S2/c1-35(2)73(66,67)46-7-5-4-6-44(46)60-50-42(52)34-58-51(61-50)59-39-9-11-40(12-10-39)64-21-19-63(20-22-64)23-27-70-24-16-47(65)56-18-26-72-29-28-71-25-17-55-43-15-13-41(30-37(43)31-53)74(68,69)62-45-14-8-36(3)48-38(32-54)33-57-49(45)48/h4-15,30,33-35,55,57,62H,16-29H2,1-3H3,(H,56,65)(H2,58,59,60,61). The zero-order chi connectivity index (χ0) is 52.7. The Labute approximate surface area is 436 Å². The average molecular weight is 1070 g/mol. The Balaban J connectivity index is 0.707. The van der Waals surface area contributed by atoms with Crippen molar-refractivity contribution < 1.29 is 35.8 Å². The number of amides is 1. The van der Waals surface area contributed by atoms with E-state index in [0.717, 1.165) is 49.7 Å². The van der Waals surface area contributed by atoms with E-state index in [1.54, 1.807) is 50.2 Å². The topological polar surface area (TPSA) is 269 Å². The van der Waals surface area contributed by atoms with Crippen molar-refractivity contribution in [2.45, 2.75) is 42.2 Å². The zero-order valence-electron chi connectivity index (χ0n) is 41.3. The summed E-state index contributed by atoms with van der Waals surface area (Å²) in [5, 5.41) is 31.7. The molecule has 1 amide bonds. The summed E-state index contributed by atoms with van der Waals surface area (Å²) in [5.74, 6) is 0.447. The van der Waals surface area contributed by atoms with E-state index < -0.39 is 25.1 Å². The van der Waals surface area contributed by atoms with Crippen LogP contribution in [0.2, 0.25) is 5.02 Å². The number of para-hydroxylation sites is 1. The number of aromatic nitrogens is 3. The lowest BCUT2D eigenvalue weighted by Gasteiger charge is -2.36. The third kappa shape index (κ3) is 14.4. The van der Waals surface area contributed by atoms with Crippen molar-refractivity contribution in [1.29, 1.82) is 10.5 Å². The van der Waals surface area contributed by atoms with Crippen LogP contribution in [0.4, 0.5) is 40.2 Å². The minimum atomic E-state index is -4.06. The molecular formula is C51H59ClN12O8S2. The van der Waals surface area contributed by atoms with E-state index in [1.165, 1.54) is 30.6 Å². The lowest BCUT2D eigenvalue weighted by molar-refractivity contribution is -0.122. The quantitative estimate of drug-likeness (QED) is 0.0301. The van der Waals surface area contributed by atoms with Crippen LogP contribution in [0.3, 0.4) is 0 Å². The Hall–Kier alpha value is -7.02. The number of carbonyl (C=O) groups excluding carboxylic acids is 1. The number of rotatable bonds is 26. The van der Waals surface area contributed by atoms with Gasteiger partial charge in [0.25, 0.3) is 10.0 Å². The van der Waals surface area contributed by atoms with Crippen LogP contribution in [0.5, 0.6) is 0 Å². The van der Waals surface area contributed by atoms with Gasteiger partial charge in [-0.3, -0.25) is 14.4 Å². The summed E-state index contributed by atoms with van der Waals surface area (Å²) in [5.41, 5.74) is 4.87. The Morgan fingerprint density at radius 1 is 0.811 bits per heavy atom. The van der Waals surface area contributed by atoms with Crippen molar-refractivity contribution in [3.05, 3.63) is 113 Å². The number of hydrogen-bond acceptors (Lipinski definition) is 17. The second-order valence-electron chi connectivity index (χ2n) is 17.4. The number of carbonyl (C=O) groups is 1. The first kappa shape index (κ1) is 54.7. The number of anilines is 7. The van der Waals surface area contributed by atoms with E-state index in [4.69, 9.17) is 25.8 Å². The van der Waals surface area contributed by atoms with E-state index in [1.807, 2.05) is 37.3 Å². The molecule has 0 bridgehead atoms. The van der Waals surface area contributed by atoms with Crippen LogP contribution in [0.1, 0.15) is 37.0 Å². The first-order valence-electron chi connectivity index (χ1n) is 23.9. The van der Waals surface area contributed by atoms with Gasteiger partial charge in [0.05, 0.1) is 94.6 Å². The Morgan fingerprint density at radius 2 is 1.51 bits per heavy atom. The van der Waals surface area contributed by atoms with Crippen LogP contribution in [0, 0.1) is 29.6 Å². The second-order valence-corrected chi connectivity index (χ2v) is 22.0. The fourth-order valence-electron chi connectivity index (χ4n) is 7.95. The summed E-state index contributed by atoms with van der Waals surface area (Å²) in [7, 11) is -7.61. The van der Waals surface area contributed by atoms with Gasteiger partial charge in [0, 0.05) is 75.2 Å². The number of aromatic amines is 1. The highest BCUT2D eigenvalue weighted by Crippen LogP contribution is 2.33. The van der Waals surface area contributed by atoms with E-state index in [9.17, 15) is 32.2 Å². The van der Waals surface area contributed by atoms with E-state index in [-0.39, 0.29) is 44.2 Å². The van der Waals surface area contributed by atoms with Gasteiger partial charge in [0.15, 0.2) is 15.7 Å². The molecule has 0 saturated carbocycles. The number of nitrogens with zero attached hydrogens (tertiary/aromatic N) is 6. The second kappa shape index (κ2) is 25.8. The SMILES string of the molecule is Cc1ccc(NS(=O)(=O)c2ccc(NCCOCCOCCNC(=O)CCOCCN3CCN(c4ccc(Nc5ncc(Cl)c(Nc6ccccc6S(=O)(=O)C(C)C)n5)cc4)CC3)c(C#N)c2)c2[nH]cc(C#N)c12. The molecule has 2 aromatic heterocycles. The smallest absolute Gasteiger partial charge is 0.262 e. The molecule has 7 rings (SSSR count). The van der Waals surface area contributed by atoms with Crippen molar-refractivity contribution in [3.63, 3.8) is 0 Å². The number of sulfone groups is 1. The zero-order valence-corrected chi connectivity index (χ0v) is 43.7. The number of H-pyrrole nitrogens is 1. The number of piperazine rings is 1. The highest BCUT2D eigenvalue weighted by Gasteiger charge is 2.24. The van der Waals surface area contributed by atoms with Gasteiger partial charge in [-0.1, -0.05) is 29.8 Å². The summed E-state index contributed by atoms with van der Waals surface area (Å²) in [4.78, 5) is 28.9. The molecule has 1 aliphatic heterocycles. The Morgan fingerprint density at radius 3 is 2.24 bits per heavy atom. The predicted molar refractivity (Wildman–Crippen MR) is 286 cm³/mol. The molecule has 20 nitrogen and oxygen atoms in total. The van der Waals surface area contributed by atoms with E-state index >= 15 is 0 Å². The van der Waals surface area contributed by atoms with Crippen LogP contribution < -0.4 is 30.9 Å². The van der Waals surface area contributed by atoms with Gasteiger partial charge >= 0.3 is 0 Å². The maximum Gasteiger partial charge on any atom is 0.262 e. The lowest BCUT2D eigenvalue weighted by atomic mass is 10.1. The molecule has 0 unspecified atom stereocenters. The fourth-order valence-corrected chi connectivity index (χ4v) is 10.4. The maximum atomic E-state index is 13.3. The van der Waals surface area contributed by atoms with Crippen LogP contribution >= 0.6 is 11.6 Å². The molecule has 0 atom stereocenters. The minimum Gasteiger partial charge on any atom is -0.382 e. The highest BCUT2D eigenvalue weighted by atomic mass is 35.5. The molecule has 1 aliphatic rings. The molecule has 4 aromatic carbocycles. The van der Waals surface area contributed by atoms with Crippen molar-refractivity contribution in [2.75, 3.05) is 111 Å². The summed E-state index contributed by atoms with van der Waals surface area (Å²) >= 11 is 6.41. The lowest BCUT2D eigenvalue weighted by Crippen LogP contribution is -2.47. The molecule has 390 valence electrons. The molecule has 1 saturated heterocycles. The minimum absolute atomic E-state index is 0.0862. The first-order valence-corrected chi connectivity index (χ1v) is 27.4. The molecule has 23 heteroatoms. The Kier molecular flexibility index (Phi) is 19.1. The number of nitriles is 2. The molecular weight excluding hydrogens is 1010 g/mol. The van der Waals surface area contributed by atoms with Crippen molar-refractivity contribution >= 4 is 88.5 Å². The molecule has 6 aromatic rings. The van der Waals surface area contributed by atoms with Crippen molar-refractivity contribution in [1.82, 2.24) is 25.2 Å². The number of ether oxygens (including phenoxy) is 3. The molecule has 0 spiro atoms. The molecule has 0 radical (unpaired) electrons. The van der Waals surface area contributed by atoms with Crippen molar-refractivity contribution in [2.24, 2.45) is 0 Å². The molecule has 0 aliphatic carbocycles. The third-order valence-electron chi connectivity index (χ3n) is 12.0. The van der Waals surface area contributed by atoms with Gasteiger partial charge < -0.3 is 45.4 Å². The molecule has 74 heavy (non-hydrogen) atoms. The highest BCUT2D eigenvalue weighted by molar-refractivity contribution is 7.92. The number of fused-ring (bicyclic) bond motifs is 1. The third-order valence-corrected chi connectivity index (χ3v) is 15.9. The Bertz CT molecular complexity index is 3210. The van der Waals surface area contributed by atoms with Gasteiger partial charge in [-0.25, -0.2) is 21.8 Å². The number of benzene rings is 4. The summed E-state index contributed by atoms with van der Waals surface area (Å²) in [6, 6.07) is 26.4. The fraction of sp³-hybridized carbons (Fsp3) is 0.353. The summed E-state index contributed by atoms with van der Waals surface area (Å²) < 4.78 is 72.0. The maximum absolute atomic E-state index is 13.3. The number of halogens is 1. The molecule has 1 fully saturated rings. The first-order chi connectivity index (χ1) is 35.7. The van der Waals surface area contributed by atoms with Crippen LogP contribution in [-0.2, 0) is 38.9 Å². The van der Waals surface area contributed by atoms with Crippen molar-refractivity contribution in [3.8, 4) is 12.1 Å². The number of aryl methyl sites for hydroxylation is 1. The number of nitrogens with one attached hydrogen (secondary N) is 6. The number of hydrogen-bond donors (Lipinski definition) is 6. The average Bonchev–Trinajstić information content (AvgIpc) is 3.85. The van der Waals surface area contributed by atoms with Gasteiger partial charge in [-0.05, 0) is 87.0 Å². The monoisotopic (exact) mass is 1070 g/mol. The van der Waals surface area contributed by atoms with E-state index in [2.05, 4.69) is 56.8 Å². The number of sulfonamides is 1. The van der Waals surface area contributed by atoms with Gasteiger partial charge in [0.2, 0.25) is 11.9 Å². The normalized spacial score (nSPS) is 13.1. The van der Waals surface area contributed by atoms with E-state index in [0.29, 0.717) is 86.5 Å². The largest absolute Gasteiger partial charge is 0.382 e. The van der Waals surface area contributed by atoms with Crippen LogP contribution in [0.15, 0.2) is 101 Å². The predicted octanol–water partition coefficient (Wildman–Crippen LogP) is 6.92. The van der Waals surface area contributed by atoms with Gasteiger partial charge in [-0.15, -0.1) is 0 Å². The summed E-state index contributed by atoms with van der Waals surface area (Å²) in [6.07, 6.45) is 3.24. The molecule has 6 N–H and O–H groups in total. The van der Waals surface area contributed by atoms with Gasteiger partial charge in [0.1, 0.15) is 17.2 Å². The summed E-state index contributed by atoms with van der Waals surface area (Å²) in [6.45, 7) is 12.1. The van der Waals surface area contributed by atoms with Crippen LogP contribution in [0.25, 0.3) is 10.9 Å². The van der Waals surface area contributed by atoms with Crippen LogP contribution in [-0.4, -0.2) is 133 Å². The molecule has 3 heterocycles. The van der Waals surface area contributed by atoms with Gasteiger partial charge in [-0.2, -0.15) is 15.5 Å².